The summed E-state index contributed by atoms with van der Waals surface area (Å²) < 4.78 is 27.6. The van der Waals surface area contributed by atoms with E-state index in [0.29, 0.717) is 0 Å². The van der Waals surface area contributed by atoms with E-state index in [-0.39, 0.29) is 18.7 Å². The van der Waals surface area contributed by atoms with Gasteiger partial charge in [-0.2, -0.15) is 0 Å². The minimum absolute atomic E-state index is 0.0310. The van der Waals surface area contributed by atoms with E-state index in [9.17, 15) is 19.2 Å². The Labute approximate surface area is 203 Å². The van der Waals surface area contributed by atoms with Crippen molar-refractivity contribution in [1.82, 2.24) is 10.2 Å². The minimum atomic E-state index is -1.24. The van der Waals surface area contributed by atoms with Crippen molar-refractivity contribution in [3.63, 3.8) is 0 Å². The van der Waals surface area contributed by atoms with Crippen molar-refractivity contribution in [3.05, 3.63) is 0 Å². The molecule has 0 saturated carbocycles. The number of fused-ring (bicyclic) bond motifs is 8. The molecule has 0 aromatic rings. The van der Waals surface area contributed by atoms with Gasteiger partial charge < -0.3 is 34.7 Å². The van der Waals surface area contributed by atoms with Crippen LogP contribution in [0.3, 0.4) is 0 Å². The van der Waals surface area contributed by atoms with E-state index >= 15 is 0 Å². The molecule has 0 spiro atoms. The largest absolute Gasteiger partial charge is 0.444 e. The first-order valence-electron chi connectivity index (χ1n) is 11.0. The zero-order valence-electron chi connectivity index (χ0n) is 20.7. The Morgan fingerprint density at radius 3 is 1.97 bits per heavy atom. The molecule has 196 valence electrons. The van der Waals surface area contributed by atoms with Gasteiger partial charge in [-0.25, -0.2) is 14.9 Å². The lowest BCUT2D eigenvalue weighted by atomic mass is 9.78. The van der Waals surface area contributed by atoms with Crippen LogP contribution in [0.2, 0.25) is 0 Å². The van der Waals surface area contributed by atoms with Crippen molar-refractivity contribution >= 4 is 29.7 Å². The molecule has 0 radical (unpaired) electrons. The predicted molar refractivity (Wildman–Crippen MR) is 119 cm³/mol. The second-order valence-corrected chi connectivity index (χ2v) is 7.82. The van der Waals surface area contributed by atoms with Crippen LogP contribution in [-0.2, 0) is 42.9 Å². The maximum absolute atomic E-state index is 12.8. The number of likely N-dealkylation sites (tertiary alicyclic amines) is 1. The van der Waals surface area contributed by atoms with Crippen molar-refractivity contribution < 1.29 is 42.9 Å². The second kappa shape index (κ2) is 12.3. The van der Waals surface area contributed by atoms with Crippen LogP contribution in [0.5, 0.6) is 0 Å². The second-order valence-electron chi connectivity index (χ2n) is 7.82. The van der Waals surface area contributed by atoms with E-state index in [2.05, 4.69) is 27.0 Å². The van der Waals surface area contributed by atoms with Crippen LogP contribution in [0, 0.1) is 11.8 Å². The lowest BCUT2D eigenvalue weighted by molar-refractivity contribution is -0.330. The molecule has 3 N–H and O–H groups in total. The van der Waals surface area contributed by atoms with Crippen molar-refractivity contribution in [3.8, 4) is 0 Å². The molecule has 2 bridgehead atoms. The van der Waals surface area contributed by atoms with E-state index in [1.807, 2.05) is 0 Å². The smallest absolute Gasteiger partial charge is 0.308 e. The molecule has 35 heavy (non-hydrogen) atoms. The van der Waals surface area contributed by atoms with Crippen molar-refractivity contribution in [1.29, 1.82) is 0 Å². The van der Waals surface area contributed by atoms with Gasteiger partial charge in [0.05, 0.1) is 36.5 Å². The van der Waals surface area contributed by atoms with E-state index in [4.69, 9.17) is 23.7 Å². The van der Waals surface area contributed by atoms with Gasteiger partial charge in [-0.3, -0.25) is 19.2 Å². The number of carbonyl (C=O) groups excluding carboxylic acids is 4. The Bertz CT molecular complexity index is 833. The highest BCUT2D eigenvalue weighted by atomic mass is 16.9. The molecular weight excluding hydrogens is 466 g/mol. The summed E-state index contributed by atoms with van der Waals surface area (Å²) in [6.45, 7) is 1.14. The number of methoxy groups -OCH3 is 1. The van der Waals surface area contributed by atoms with Gasteiger partial charge in [0.15, 0.2) is 6.73 Å². The van der Waals surface area contributed by atoms with E-state index in [0.717, 1.165) is 4.90 Å². The van der Waals surface area contributed by atoms with Crippen LogP contribution in [0.25, 0.3) is 0 Å². The van der Waals surface area contributed by atoms with Gasteiger partial charge >= 0.3 is 5.97 Å². The molecular formula is C21H33N5O9. The molecule has 4 saturated heterocycles. The highest BCUT2D eigenvalue weighted by Gasteiger charge is 2.73. The number of ether oxygens (including phenoxy) is 5. The van der Waals surface area contributed by atoms with Crippen LogP contribution in [0.1, 0.15) is 19.8 Å². The first-order valence-corrected chi connectivity index (χ1v) is 11.0. The number of nitrogens with zero attached hydrogens (tertiary/aromatic N) is 3. The van der Waals surface area contributed by atoms with E-state index in [1.54, 1.807) is 21.0 Å². The number of nitrogens with two attached hydrogens (primary N) is 1. The maximum Gasteiger partial charge on any atom is 0.308 e. The summed E-state index contributed by atoms with van der Waals surface area (Å²) in [7, 11) is 7.67. The monoisotopic (exact) mass is 499 g/mol. The molecule has 3 amide bonds. The summed E-state index contributed by atoms with van der Waals surface area (Å²) in [4.78, 5) is 56.3. The Hall–Kier alpha value is -2.74. The molecule has 4 aliphatic rings. The third-order valence-corrected chi connectivity index (χ3v) is 5.94. The number of esters is 1. The minimum Gasteiger partial charge on any atom is -0.444 e. The first kappa shape index (κ1) is 28.5. The molecule has 0 aromatic heterocycles. The molecule has 0 aromatic carbocycles. The summed E-state index contributed by atoms with van der Waals surface area (Å²) in [6, 6.07) is 2.36. The van der Waals surface area contributed by atoms with Gasteiger partial charge in [0.2, 0.25) is 17.7 Å². The Morgan fingerprint density at radius 1 is 1.06 bits per heavy atom. The van der Waals surface area contributed by atoms with Crippen molar-refractivity contribution in [2.45, 2.75) is 50.2 Å². The number of aliphatic imine (C=N–C) groups is 2. The van der Waals surface area contributed by atoms with Gasteiger partial charge in [-0.05, 0) is 7.05 Å². The quantitative estimate of drug-likeness (QED) is 0.248. The molecule has 7 atom stereocenters. The average Bonchev–Trinajstić information content (AvgIpc) is 3.57. The number of hydrogen-bond donors (Lipinski definition) is 2. The highest BCUT2D eigenvalue weighted by Crippen LogP contribution is 2.54. The van der Waals surface area contributed by atoms with Crippen LogP contribution in [0.15, 0.2) is 9.98 Å². The topological polar surface area (TPSA) is 180 Å². The molecule has 4 fully saturated rings. The predicted octanol–water partition coefficient (Wildman–Crippen LogP) is -1.51. The van der Waals surface area contributed by atoms with Crippen molar-refractivity contribution in [2.24, 2.45) is 27.6 Å². The number of amides is 3. The van der Waals surface area contributed by atoms with Gasteiger partial charge in [0.1, 0.15) is 12.2 Å². The third-order valence-electron chi connectivity index (χ3n) is 5.94. The van der Waals surface area contributed by atoms with Gasteiger partial charge in [-0.1, -0.05) is 0 Å². The molecule has 14 heteroatoms. The highest BCUT2D eigenvalue weighted by molar-refractivity contribution is 6.06. The van der Waals surface area contributed by atoms with Crippen molar-refractivity contribution in [2.75, 3.05) is 42.0 Å². The van der Waals surface area contributed by atoms with Gasteiger partial charge in [-0.15, -0.1) is 0 Å². The zero-order valence-corrected chi connectivity index (χ0v) is 20.7. The molecule has 4 aliphatic heterocycles. The number of nitrogens with one attached hydrogen (secondary N) is 1. The Morgan fingerprint density at radius 2 is 1.57 bits per heavy atom. The van der Waals surface area contributed by atoms with Crippen LogP contribution in [0.4, 0.5) is 0 Å². The first-order chi connectivity index (χ1) is 16.7. The Kier molecular flexibility index (Phi) is 10.0. The molecule has 0 aliphatic carbocycles. The van der Waals surface area contributed by atoms with Gasteiger partial charge in [0.25, 0.3) is 5.97 Å². The number of imide groups is 1. The van der Waals surface area contributed by atoms with E-state index < -0.39 is 66.7 Å². The van der Waals surface area contributed by atoms with Gasteiger partial charge in [0, 0.05) is 41.6 Å². The number of carbonyl (C=O) groups is 4. The Balaban J connectivity index is 0.000000551. The van der Waals surface area contributed by atoms with Crippen LogP contribution >= 0.6 is 0 Å². The lowest BCUT2D eigenvalue weighted by Gasteiger charge is -2.24. The molecule has 5 unspecified atom stereocenters. The SMILES string of the molecule is CN.CN=C=NC.CNC(=O)CCC(=O)OCN1C(=O)C2C3O[C@@H](C2C1=O)[C@H]1OC(C)(OC)OC31. The third kappa shape index (κ3) is 5.74. The fourth-order valence-corrected chi connectivity index (χ4v) is 4.42. The van der Waals surface area contributed by atoms with Crippen LogP contribution < -0.4 is 11.1 Å². The summed E-state index contributed by atoms with van der Waals surface area (Å²) >= 11 is 0. The standard InChI is InChI=1S/C17H22N2O9.C3H6N2.CH5N/c1-17(24-3)27-13-11-9-10(12(26-11)14(13)28-17)16(23)19(15(9)22)6-25-8(21)5-4-7(20)18-2;1-4-3-5-2;1-2/h9-14H,4-6H2,1-3H3,(H,18,20);1-2H3;2H2,1H3/t9?,10?,11-,12?,13+,14?,17?;;/m0../s1. The summed E-state index contributed by atoms with van der Waals surface area (Å²) in [5, 5.41) is 2.39. The maximum atomic E-state index is 12.8. The molecule has 4 heterocycles. The summed E-state index contributed by atoms with van der Waals surface area (Å²) in [5.74, 6) is -4.54. The fraction of sp³-hybridized carbons (Fsp3) is 0.762. The summed E-state index contributed by atoms with van der Waals surface area (Å²) in [6.07, 6.45) is -2.44. The summed E-state index contributed by atoms with van der Waals surface area (Å²) in [5.41, 5.74) is 4.50. The normalized spacial score (nSPS) is 33.4. The number of hydrogen-bond acceptors (Lipinski definition) is 12. The molecule has 14 nitrogen and oxygen atoms in total. The average molecular weight is 500 g/mol. The molecule has 4 rings (SSSR count). The zero-order chi connectivity index (χ0) is 26.3. The van der Waals surface area contributed by atoms with Crippen LogP contribution in [-0.4, -0.2) is 107 Å². The fourth-order valence-electron chi connectivity index (χ4n) is 4.42. The lowest BCUT2D eigenvalue weighted by Crippen LogP contribution is -2.46. The van der Waals surface area contributed by atoms with E-state index in [1.165, 1.54) is 21.2 Å². The number of rotatable bonds is 6.